The highest BCUT2D eigenvalue weighted by molar-refractivity contribution is 5.88. The summed E-state index contributed by atoms with van der Waals surface area (Å²) in [7, 11) is 2.83. The number of aromatic carboxylic acids is 1. The maximum atomic E-state index is 13.0. The molecule has 0 aromatic heterocycles. The van der Waals surface area contributed by atoms with Gasteiger partial charge in [-0.05, 0) is 12.1 Å². The van der Waals surface area contributed by atoms with Crippen LogP contribution in [0.2, 0.25) is 0 Å². The quantitative estimate of drug-likeness (QED) is 0.776. The van der Waals surface area contributed by atoms with Gasteiger partial charge in [0.2, 0.25) is 0 Å². The van der Waals surface area contributed by atoms with Gasteiger partial charge in [-0.25, -0.2) is 9.18 Å². The number of hydrogen-bond acceptors (Lipinski definition) is 3. The largest absolute Gasteiger partial charge is 0.478 e. The van der Waals surface area contributed by atoms with Crippen molar-refractivity contribution in [2.24, 2.45) is 0 Å². The van der Waals surface area contributed by atoms with Crippen molar-refractivity contribution < 1.29 is 23.8 Å². The Balaban J connectivity index is 3.11. The molecule has 1 N–H and O–H groups in total. The van der Waals surface area contributed by atoms with Gasteiger partial charge in [-0.15, -0.1) is 0 Å². The van der Waals surface area contributed by atoms with Crippen LogP contribution >= 0.6 is 0 Å². The molecule has 5 heteroatoms. The van der Waals surface area contributed by atoms with E-state index in [1.807, 2.05) is 0 Å². The molecular formula is C10H11FO4. The molecule has 0 aliphatic rings. The summed E-state index contributed by atoms with van der Waals surface area (Å²) in [6.45, 7) is 0. The Bertz CT molecular complexity index is 360. The highest BCUT2D eigenvalue weighted by atomic mass is 19.1. The Morgan fingerprint density at radius 2 is 2.00 bits per heavy atom. The van der Waals surface area contributed by atoms with Gasteiger partial charge in [0.25, 0.3) is 0 Å². The molecule has 0 bridgehead atoms. The first-order valence-corrected chi connectivity index (χ1v) is 4.18. The lowest BCUT2D eigenvalue weighted by Crippen LogP contribution is -2.07. The van der Waals surface area contributed by atoms with Gasteiger partial charge in [-0.3, -0.25) is 0 Å². The fourth-order valence-corrected chi connectivity index (χ4v) is 1.22. The Hall–Kier alpha value is -1.46. The molecule has 0 spiro atoms. The van der Waals surface area contributed by atoms with E-state index in [1.54, 1.807) is 0 Å². The minimum Gasteiger partial charge on any atom is -0.478 e. The highest BCUT2D eigenvalue weighted by Gasteiger charge is 2.15. The van der Waals surface area contributed by atoms with Crippen molar-refractivity contribution in [1.29, 1.82) is 0 Å². The molecule has 0 aliphatic carbocycles. The first-order valence-electron chi connectivity index (χ1n) is 4.18. The average Bonchev–Trinajstić information content (AvgIpc) is 2.21. The molecule has 0 saturated heterocycles. The first-order chi connectivity index (χ1) is 7.10. The standard InChI is InChI=1S/C10H11FO4/c1-14-10(15-2)6-3-4-8(11)7(5-6)9(12)13/h3-5,10H,1-2H3,(H,12,13). The molecule has 0 aliphatic heterocycles. The lowest BCUT2D eigenvalue weighted by atomic mass is 10.1. The smallest absolute Gasteiger partial charge is 0.338 e. The summed E-state index contributed by atoms with van der Waals surface area (Å²) < 4.78 is 22.9. The van der Waals surface area contributed by atoms with E-state index in [9.17, 15) is 9.18 Å². The number of benzene rings is 1. The molecule has 0 unspecified atom stereocenters. The van der Waals surface area contributed by atoms with Gasteiger partial charge in [-0.2, -0.15) is 0 Å². The summed E-state index contributed by atoms with van der Waals surface area (Å²) >= 11 is 0. The van der Waals surface area contributed by atoms with E-state index in [2.05, 4.69) is 0 Å². The summed E-state index contributed by atoms with van der Waals surface area (Å²) in [5.41, 5.74) is 0.0606. The second kappa shape index (κ2) is 4.86. The normalized spacial score (nSPS) is 10.7. The van der Waals surface area contributed by atoms with E-state index >= 15 is 0 Å². The van der Waals surface area contributed by atoms with Crippen LogP contribution < -0.4 is 0 Å². The predicted octanol–water partition coefficient (Wildman–Crippen LogP) is 1.82. The minimum atomic E-state index is -1.32. The number of carboxylic acid groups (broad SMARTS) is 1. The number of ether oxygens (including phenoxy) is 2. The van der Waals surface area contributed by atoms with E-state index in [0.29, 0.717) is 5.56 Å². The van der Waals surface area contributed by atoms with E-state index in [1.165, 1.54) is 26.4 Å². The van der Waals surface area contributed by atoms with Crippen LogP contribution in [0.3, 0.4) is 0 Å². The molecular weight excluding hydrogens is 203 g/mol. The number of carbonyl (C=O) groups is 1. The van der Waals surface area contributed by atoms with Crippen molar-refractivity contribution >= 4 is 5.97 Å². The topological polar surface area (TPSA) is 55.8 Å². The minimum absolute atomic E-state index is 0.397. The second-order valence-electron chi connectivity index (χ2n) is 2.85. The van der Waals surface area contributed by atoms with Crippen LogP contribution in [-0.2, 0) is 9.47 Å². The van der Waals surface area contributed by atoms with Crippen LogP contribution in [-0.4, -0.2) is 25.3 Å². The third kappa shape index (κ3) is 2.51. The summed E-state index contributed by atoms with van der Waals surface area (Å²) in [5, 5.41) is 8.70. The summed E-state index contributed by atoms with van der Waals surface area (Å²) in [4.78, 5) is 10.7. The average molecular weight is 214 g/mol. The van der Waals surface area contributed by atoms with Gasteiger partial charge in [0.05, 0.1) is 5.56 Å². The third-order valence-electron chi connectivity index (χ3n) is 1.92. The molecule has 0 saturated carbocycles. The summed E-state index contributed by atoms with van der Waals surface area (Å²) in [5.74, 6) is -2.10. The van der Waals surface area contributed by atoms with Gasteiger partial charge in [-0.1, -0.05) is 6.07 Å². The van der Waals surface area contributed by atoms with Crippen molar-refractivity contribution in [2.75, 3.05) is 14.2 Å². The van der Waals surface area contributed by atoms with Crippen LogP contribution in [0.25, 0.3) is 0 Å². The predicted molar refractivity (Wildman–Crippen MR) is 50.1 cm³/mol. The van der Waals surface area contributed by atoms with Gasteiger partial charge < -0.3 is 14.6 Å². The van der Waals surface area contributed by atoms with Gasteiger partial charge in [0.1, 0.15) is 5.82 Å². The fourth-order valence-electron chi connectivity index (χ4n) is 1.22. The molecule has 1 aromatic rings. The number of methoxy groups -OCH3 is 2. The maximum absolute atomic E-state index is 13.0. The molecule has 15 heavy (non-hydrogen) atoms. The second-order valence-corrected chi connectivity index (χ2v) is 2.85. The van der Waals surface area contributed by atoms with E-state index in [4.69, 9.17) is 14.6 Å². The van der Waals surface area contributed by atoms with Crippen LogP contribution in [0.4, 0.5) is 4.39 Å². The molecule has 82 valence electrons. The zero-order valence-electron chi connectivity index (χ0n) is 8.36. The zero-order chi connectivity index (χ0) is 11.4. The van der Waals surface area contributed by atoms with Crippen LogP contribution in [0.15, 0.2) is 18.2 Å². The molecule has 4 nitrogen and oxygen atoms in total. The van der Waals surface area contributed by atoms with Crippen molar-refractivity contribution in [2.45, 2.75) is 6.29 Å². The molecule has 0 atom stereocenters. The van der Waals surface area contributed by atoms with E-state index in [-0.39, 0.29) is 0 Å². The molecule has 1 rings (SSSR count). The highest BCUT2D eigenvalue weighted by Crippen LogP contribution is 2.20. The fraction of sp³-hybridized carbons (Fsp3) is 0.300. The summed E-state index contributed by atoms with van der Waals surface area (Å²) in [6, 6.07) is 3.68. The van der Waals surface area contributed by atoms with E-state index in [0.717, 1.165) is 6.07 Å². The molecule has 0 radical (unpaired) electrons. The van der Waals surface area contributed by atoms with Crippen molar-refractivity contribution in [3.05, 3.63) is 35.1 Å². The van der Waals surface area contributed by atoms with Crippen LogP contribution in [0.1, 0.15) is 22.2 Å². The zero-order valence-corrected chi connectivity index (χ0v) is 8.36. The van der Waals surface area contributed by atoms with E-state index < -0.39 is 23.6 Å². The van der Waals surface area contributed by atoms with Crippen LogP contribution in [0, 0.1) is 5.82 Å². The lowest BCUT2D eigenvalue weighted by Gasteiger charge is -2.14. The first kappa shape index (κ1) is 11.6. The molecule has 0 amide bonds. The molecule has 0 heterocycles. The maximum Gasteiger partial charge on any atom is 0.338 e. The Kier molecular flexibility index (Phi) is 3.76. The third-order valence-corrected chi connectivity index (χ3v) is 1.92. The van der Waals surface area contributed by atoms with Gasteiger partial charge >= 0.3 is 5.97 Å². The molecule has 1 aromatic carbocycles. The Morgan fingerprint density at radius 1 is 1.40 bits per heavy atom. The van der Waals surface area contributed by atoms with Crippen LogP contribution in [0.5, 0.6) is 0 Å². The molecule has 0 fully saturated rings. The number of hydrogen-bond donors (Lipinski definition) is 1. The summed E-state index contributed by atoms with van der Waals surface area (Å²) in [6.07, 6.45) is -0.691. The lowest BCUT2D eigenvalue weighted by molar-refractivity contribution is -0.106. The van der Waals surface area contributed by atoms with Gasteiger partial charge in [0, 0.05) is 19.8 Å². The van der Waals surface area contributed by atoms with Crippen molar-refractivity contribution in [3.8, 4) is 0 Å². The number of carboxylic acids is 1. The van der Waals surface area contributed by atoms with Crippen molar-refractivity contribution in [3.63, 3.8) is 0 Å². The Labute approximate surface area is 86.2 Å². The number of rotatable bonds is 4. The monoisotopic (exact) mass is 214 g/mol. The Morgan fingerprint density at radius 3 is 2.47 bits per heavy atom. The van der Waals surface area contributed by atoms with Crippen molar-refractivity contribution in [1.82, 2.24) is 0 Å². The SMILES string of the molecule is COC(OC)c1ccc(F)c(C(=O)O)c1. The number of halogens is 1. The van der Waals surface area contributed by atoms with Gasteiger partial charge in [0.15, 0.2) is 6.29 Å².